The molecule has 0 unspecified atom stereocenters. The first-order valence-corrected chi connectivity index (χ1v) is 11.9. The highest BCUT2D eigenvalue weighted by Crippen LogP contribution is 2.20. The van der Waals surface area contributed by atoms with Gasteiger partial charge in [0.1, 0.15) is 0 Å². The number of morpholine rings is 1. The Bertz CT molecular complexity index is 955. The minimum absolute atomic E-state index is 0.0125. The topological polar surface area (TPSA) is 101 Å². The number of aromatic nitrogens is 3. The Morgan fingerprint density at radius 2 is 1.53 bits per heavy atom. The lowest BCUT2D eigenvalue weighted by Gasteiger charge is -2.28. The maximum Gasteiger partial charge on any atom is 0.240 e. The summed E-state index contributed by atoms with van der Waals surface area (Å²) in [7, 11) is -3.65. The van der Waals surface area contributed by atoms with Crippen molar-refractivity contribution in [3.05, 3.63) is 35.7 Å². The zero-order valence-corrected chi connectivity index (χ0v) is 18.1. The van der Waals surface area contributed by atoms with Gasteiger partial charge in [-0.15, -0.1) is 0 Å². The van der Waals surface area contributed by atoms with E-state index in [2.05, 4.69) is 29.5 Å². The second kappa shape index (κ2) is 9.23. The lowest BCUT2D eigenvalue weighted by atomic mass is 10.2. The van der Waals surface area contributed by atoms with Gasteiger partial charge in [-0.3, -0.25) is 0 Å². The van der Waals surface area contributed by atoms with Gasteiger partial charge in [-0.2, -0.15) is 15.0 Å². The molecule has 0 aliphatic carbocycles. The Hall–Kier alpha value is -2.30. The van der Waals surface area contributed by atoms with Crippen LogP contribution in [0.2, 0.25) is 0 Å². The zero-order chi connectivity index (χ0) is 21.0. The molecule has 0 radical (unpaired) electrons. The summed E-state index contributed by atoms with van der Waals surface area (Å²) in [5.74, 6) is 1.62. The number of ether oxygens (including phenoxy) is 1. The first-order chi connectivity index (χ1) is 14.5. The smallest absolute Gasteiger partial charge is 0.240 e. The van der Waals surface area contributed by atoms with Crippen molar-refractivity contribution in [2.75, 3.05) is 49.2 Å². The first-order valence-electron chi connectivity index (χ1n) is 10.5. The second-order valence-electron chi connectivity index (χ2n) is 7.47. The molecule has 2 aromatic rings. The fourth-order valence-corrected chi connectivity index (χ4v) is 4.57. The summed E-state index contributed by atoms with van der Waals surface area (Å²) < 4.78 is 33.5. The zero-order valence-electron chi connectivity index (χ0n) is 17.2. The van der Waals surface area contributed by atoms with E-state index < -0.39 is 10.0 Å². The first kappa shape index (κ1) is 21.0. The van der Waals surface area contributed by atoms with Crippen molar-refractivity contribution in [3.63, 3.8) is 0 Å². The highest BCUT2D eigenvalue weighted by Gasteiger charge is 2.22. The highest BCUT2D eigenvalue weighted by molar-refractivity contribution is 7.89. The van der Waals surface area contributed by atoms with E-state index in [4.69, 9.17) is 4.74 Å². The number of anilines is 2. The predicted octanol–water partition coefficient (Wildman–Crippen LogP) is 1.35. The predicted molar refractivity (Wildman–Crippen MR) is 114 cm³/mol. The van der Waals surface area contributed by atoms with E-state index in [1.54, 1.807) is 12.1 Å². The normalized spacial score (nSPS) is 17.5. The SMILES string of the molecule is CCc1ccc(S(=O)(=O)NCc2nc(N3CCCC3)nc(N3CCOCC3)n2)cc1. The van der Waals surface area contributed by atoms with E-state index in [1.807, 2.05) is 19.1 Å². The molecular weight excluding hydrogens is 404 g/mol. The van der Waals surface area contributed by atoms with Crippen LogP contribution < -0.4 is 14.5 Å². The van der Waals surface area contributed by atoms with Gasteiger partial charge < -0.3 is 14.5 Å². The summed E-state index contributed by atoms with van der Waals surface area (Å²) >= 11 is 0. The van der Waals surface area contributed by atoms with E-state index in [0.29, 0.717) is 44.0 Å². The number of hydrogen-bond acceptors (Lipinski definition) is 8. The monoisotopic (exact) mass is 432 g/mol. The maximum absolute atomic E-state index is 12.7. The fourth-order valence-electron chi connectivity index (χ4n) is 3.58. The van der Waals surface area contributed by atoms with Gasteiger partial charge >= 0.3 is 0 Å². The molecule has 3 heterocycles. The maximum atomic E-state index is 12.7. The molecule has 0 bridgehead atoms. The number of benzene rings is 1. The average molecular weight is 433 g/mol. The van der Waals surface area contributed by atoms with Crippen LogP contribution >= 0.6 is 0 Å². The van der Waals surface area contributed by atoms with Crippen molar-refractivity contribution in [2.24, 2.45) is 0 Å². The van der Waals surface area contributed by atoms with Crippen LogP contribution in [0.3, 0.4) is 0 Å². The van der Waals surface area contributed by atoms with Crippen LogP contribution in [0.25, 0.3) is 0 Å². The molecular formula is C20H28N6O3S. The van der Waals surface area contributed by atoms with Gasteiger partial charge in [-0.25, -0.2) is 13.1 Å². The summed E-state index contributed by atoms with van der Waals surface area (Å²) in [6.07, 6.45) is 3.07. The molecule has 2 aliphatic heterocycles. The summed E-state index contributed by atoms with van der Waals surface area (Å²) in [6, 6.07) is 6.92. The lowest BCUT2D eigenvalue weighted by Crippen LogP contribution is -2.38. The Kier molecular flexibility index (Phi) is 6.45. The summed E-state index contributed by atoms with van der Waals surface area (Å²) in [4.78, 5) is 18.2. The largest absolute Gasteiger partial charge is 0.378 e. The standard InChI is InChI=1S/C20H28N6O3S/c1-2-16-5-7-17(8-6-16)30(27,28)21-15-18-22-19(25-9-3-4-10-25)24-20(23-18)26-11-13-29-14-12-26/h5-8,21H,2-4,9-15H2,1H3. The van der Waals surface area contributed by atoms with Crippen LogP contribution in [0.15, 0.2) is 29.2 Å². The Morgan fingerprint density at radius 3 is 2.13 bits per heavy atom. The summed E-state index contributed by atoms with van der Waals surface area (Å²) in [6.45, 7) is 6.52. The molecule has 1 aromatic heterocycles. The van der Waals surface area contributed by atoms with Crippen molar-refractivity contribution < 1.29 is 13.2 Å². The molecule has 0 amide bonds. The number of aryl methyl sites for hydroxylation is 1. The molecule has 0 atom stereocenters. The third-order valence-corrected chi connectivity index (χ3v) is 6.82. The number of nitrogens with one attached hydrogen (secondary N) is 1. The van der Waals surface area contributed by atoms with Crippen LogP contribution in [0.1, 0.15) is 31.2 Å². The molecule has 10 heteroatoms. The molecule has 1 aromatic carbocycles. The Labute approximate surface area is 177 Å². The molecule has 9 nitrogen and oxygen atoms in total. The van der Waals surface area contributed by atoms with Crippen molar-refractivity contribution in [2.45, 2.75) is 37.6 Å². The molecule has 0 spiro atoms. The van der Waals surface area contributed by atoms with Gasteiger partial charge in [0.15, 0.2) is 5.82 Å². The molecule has 4 rings (SSSR count). The average Bonchev–Trinajstić information content (AvgIpc) is 3.33. The second-order valence-corrected chi connectivity index (χ2v) is 9.23. The summed E-state index contributed by atoms with van der Waals surface area (Å²) in [5.41, 5.74) is 1.09. The third-order valence-electron chi connectivity index (χ3n) is 5.40. The molecule has 1 N–H and O–H groups in total. The fraction of sp³-hybridized carbons (Fsp3) is 0.550. The van der Waals surface area contributed by atoms with Gasteiger partial charge in [-0.05, 0) is 37.0 Å². The Morgan fingerprint density at radius 1 is 0.933 bits per heavy atom. The van der Waals surface area contributed by atoms with Crippen LogP contribution in [0.4, 0.5) is 11.9 Å². The van der Waals surface area contributed by atoms with Crippen molar-refractivity contribution in [3.8, 4) is 0 Å². The van der Waals surface area contributed by atoms with Gasteiger partial charge in [-0.1, -0.05) is 19.1 Å². The van der Waals surface area contributed by atoms with Crippen molar-refractivity contribution in [1.82, 2.24) is 19.7 Å². The van der Waals surface area contributed by atoms with Gasteiger partial charge in [0.2, 0.25) is 21.9 Å². The molecule has 2 saturated heterocycles. The van der Waals surface area contributed by atoms with Gasteiger partial charge in [0.05, 0.1) is 24.7 Å². The molecule has 30 heavy (non-hydrogen) atoms. The van der Waals surface area contributed by atoms with E-state index in [-0.39, 0.29) is 11.4 Å². The van der Waals surface area contributed by atoms with Crippen molar-refractivity contribution in [1.29, 1.82) is 0 Å². The Balaban J connectivity index is 1.55. The number of hydrogen-bond donors (Lipinski definition) is 1. The molecule has 2 fully saturated rings. The third kappa shape index (κ3) is 4.88. The van der Waals surface area contributed by atoms with Crippen LogP contribution in [0.5, 0.6) is 0 Å². The minimum atomic E-state index is -3.65. The number of nitrogens with zero attached hydrogens (tertiary/aromatic N) is 5. The van der Waals surface area contributed by atoms with E-state index in [0.717, 1.165) is 37.9 Å². The van der Waals surface area contributed by atoms with Crippen LogP contribution in [-0.2, 0) is 27.7 Å². The quantitative estimate of drug-likeness (QED) is 0.700. The number of sulfonamides is 1. The molecule has 2 aliphatic rings. The van der Waals surface area contributed by atoms with Crippen LogP contribution in [-0.4, -0.2) is 62.8 Å². The molecule has 0 saturated carbocycles. The van der Waals surface area contributed by atoms with E-state index in [9.17, 15) is 8.42 Å². The number of rotatable bonds is 7. The van der Waals surface area contributed by atoms with Crippen LogP contribution in [0, 0.1) is 0 Å². The lowest BCUT2D eigenvalue weighted by molar-refractivity contribution is 0.122. The van der Waals surface area contributed by atoms with Gasteiger partial charge in [0.25, 0.3) is 0 Å². The summed E-state index contributed by atoms with van der Waals surface area (Å²) in [5, 5.41) is 0. The van der Waals surface area contributed by atoms with E-state index in [1.165, 1.54) is 0 Å². The molecule has 162 valence electrons. The van der Waals surface area contributed by atoms with E-state index >= 15 is 0 Å². The van der Waals surface area contributed by atoms with Crippen molar-refractivity contribution >= 4 is 21.9 Å². The highest BCUT2D eigenvalue weighted by atomic mass is 32.2. The minimum Gasteiger partial charge on any atom is -0.378 e. The van der Waals surface area contributed by atoms with Gasteiger partial charge in [0, 0.05) is 26.2 Å².